The summed E-state index contributed by atoms with van der Waals surface area (Å²) in [5.74, 6) is -2.92. The normalized spacial score (nSPS) is 18.5. The molecule has 1 saturated carbocycles. The summed E-state index contributed by atoms with van der Waals surface area (Å²) in [7, 11) is 0. The molecule has 4 rings (SSSR count). The van der Waals surface area contributed by atoms with Crippen LogP contribution in [0.5, 0.6) is 5.75 Å². The summed E-state index contributed by atoms with van der Waals surface area (Å²) >= 11 is 0. The van der Waals surface area contributed by atoms with E-state index in [1.165, 1.54) is 10.9 Å². The second-order valence-corrected chi connectivity index (χ2v) is 9.83. The minimum Gasteiger partial charge on any atom is -0.490 e. The fraction of sp³-hybridized carbons (Fsp3) is 0.423. The van der Waals surface area contributed by atoms with Gasteiger partial charge >= 0.3 is 5.97 Å². The van der Waals surface area contributed by atoms with Crippen molar-refractivity contribution < 1.29 is 27.4 Å². The van der Waals surface area contributed by atoms with E-state index in [9.17, 15) is 22.8 Å². The number of hydrogen-bond donors (Lipinski definition) is 0. The van der Waals surface area contributed by atoms with Crippen molar-refractivity contribution in [2.24, 2.45) is 5.92 Å². The third-order valence-corrected chi connectivity index (χ3v) is 5.97. The van der Waals surface area contributed by atoms with Gasteiger partial charge in [-0.15, -0.1) is 0 Å². The number of halogens is 3. The van der Waals surface area contributed by atoms with Gasteiger partial charge in [0.2, 0.25) is 0 Å². The van der Waals surface area contributed by atoms with Crippen LogP contribution in [-0.2, 0) is 16.1 Å². The van der Waals surface area contributed by atoms with E-state index in [0.717, 1.165) is 0 Å². The van der Waals surface area contributed by atoms with Crippen molar-refractivity contribution >= 4 is 16.9 Å². The first-order chi connectivity index (χ1) is 16.5. The van der Waals surface area contributed by atoms with Crippen LogP contribution >= 0.6 is 0 Å². The smallest absolute Gasteiger partial charge is 0.309 e. The van der Waals surface area contributed by atoms with Crippen LogP contribution in [-0.4, -0.2) is 27.2 Å². The van der Waals surface area contributed by atoms with Gasteiger partial charge in [0.05, 0.1) is 35.8 Å². The lowest BCUT2D eigenvalue weighted by atomic mass is 9.87. The predicted molar refractivity (Wildman–Crippen MR) is 124 cm³/mol. The topological polar surface area (TPSA) is 70.4 Å². The average molecular weight is 489 g/mol. The summed E-state index contributed by atoms with van der Waals surface area (Å²) in [5, 5.41) is 0.232. The summed E-state index contributed by atoms with van der Waals surface area (Å²) < 4.78 is 54.5. The van der Waals surface area contributed by atoms with Crippen molar-refractivity contribution in [3.05, 3.63) is 70.0 Å². The van der Waals surface area contributed by atoms with Crippen molar-refractivity contribution in [2.75, 3.05) is 0 Å². The first-order valence-electron chi connectivity index (χ1n) is 11.5. The summed E-state index contributed by atoms with van der Waals surface area (Å²) in [6, 6.07) is 6.08. The molecule has 1 aliphatic carbocycles. The van der Waals surface area contributed by atoms with Crippen molar-refractivity contribution in [2.45, 2.75) is 64.7 Å². The maximum Gasteiger partial charge on any atom is 0.309 e. The Morgan fingerprint density at radius 3 is 2.34 bits per heavy atom. The number of carbonyl (C=O) groups excluding carboxylic acids is 1. The predicted octanol–water partition coefficient (Wildman–Crippen LogP) is 5.14. The van der Waals surface area contributed by atoms with Gasteiger partial charge in [-0.05, 0) is 64.7 Å². The zero-order chi connectivity index (χ0) is 25.3. The second kappa shape index (κ2) is 9.71. The van der Waals surface area contributed by atoms with Gasteiger partial charge in [0.25, 0.3) is 5.56 Å². The number of aromatic nitrogens is 2. The molecule has 1 aliphatic rings. The highest BCUT2D eigenvalue weighted by atomic mass is 19.1. The van der Waals surface area contributed by atoms with Crippen LogP contribution < -0.4 is 10.3 Å². The number of esters is 1. The third-order valence-electron chi connectivity index (χ3n) is 5.97. The first kappa shape index (κ1) is 24.8. The van der Waals surface area contributed by atoms with Crippen molar-refractivity contribution in [1.29, 1.82) is 0 Å². The molecule has 0 saturated heterocycles. The molecule has 1 aromatic heterocycles. The van der Waals surface area contributed by atoms with Gasteiger partial charge in [-0.25, -0.2) is 13.2 Å². The van der Waals surface area contributed by atoms with Gasteiger partial charge in [-0.3, -0.25) is 9.59 Å². The van der Waals surface area contributed by atoms with Crippen molar-refractivity contribution in [3.63, 3.8) is 0 Å². The van der Waals surface area contributed by atoms with Gasteiger partial charge in [0, 0.05) is 17.7 Å². The van der Waals surface area contributed by atoms with E-state index in [-0.39, 0.29) is 35.5 Å². The lowest BCUT2D eigenvalue weighted by Crippen LogP contribution is -2.33. The van der Waals surface area contributed by atoms with E-state index in [1.54, 1.807) is 18.2 Å². The monoisotopic (exact) mass is 488 g/mol. The summed E-state index contributed by atoms with van der Waals surface area (Å²) in [4.78, 5) is 28.5. The van der Waals surface area contributed by atoms with Crippen molar-refractivity contribution in [1.82, 2.24) is 9.55 Å². The number of nitrogens with zero attached hydrogens (tertiary/aromatic N) is 2. The SMILES string of the molecule is CC(C)(C)OC(=O)C1CCC(Oc2ccc3c(c2)c(=O)ncn3Cc2c(F)cc(F)cc2F)CC1. The standard InChI is InChI=1S/C26H27F3N2O4/c1-26(2,3)35-25(33)15-4-6-17(7-5-15)34-18-8-9-23-19(12-18)24(32)30-14-31(23)13-20-21(28)10-16(27)11-22(20)29/h8-12,14-15,17H,4-7,13H2,1-3H3. The Hall–Kier alpha value is -3.36. The molecule has 0 N–H and O–H groups in total. The fourth-order valence-electron chi connectivity index (χ4n) is 4.28. The number of benzene rings is 2. The second-order valence-electron chi connectivity index (χ2n) is 9.83. The number of hydrogen-bond acceptors (Lipinski definition) is 5. The molecular formula is C26H27F3N2O4. The lowest BCUT2D eigenvalue weighted by Gasteiger charge is -2.30. The highest BCUT2D eigenvalue weighted by Gasteiger charge is 2.30. The Labute approximate surface area is 200 Å². The Morgan fingerprint density at radius 2 is 1.71 bits per heavy atom. The maximum atomic E-state index is 14.1. The van der Waals surface area contributed by atoms with Gasteiger partial charge in [-0.2, -0.15) is 4.98 Å². The van der Waals surface area contributed by atoms with Crippen LogP contribution in [0.2, 0.25) is 0 Å². The van der Waals surface area contributed by atoms with Crippen LogP contribution in [0.4, 0.5) is 13.2 Å². The van der Waals surface area contributed by atoms with Gasteiger partial charge in [0.15, 0.2) is 0 Å². The van der Waals surface area contributed by atoms with Crippen LogP contribution in [0, 0.1) is 23.4 Å². The Balaban J connectivity index is 1.49. The Bertz CT molecular complexity index is 1290. The number of rotatable bonds is 5. The molecule has 3 aromatic rings. The molecule has 0 radical (unpaired) electrons. The van der Waals surface area contributed by atoms with Crippen LogP contribution in [0.1, 0.15) is 52.0 Å². The van der Waals surface area contributed by atoms with Crippen LogP contribution in [0.3, 0.4) is 0 Å². The third kappa shape index (κ3) is 5.83. The number of fused-ring (bicyclic) bond motifs is 1. The summed E-state index contributed by atoms with van der Waals surface area (Å²) in [6.07, 6.45) is 3.72. The molecular weight excluding hydrogens is 461 g/mol. The van der Waals surface area contributed by atoms with Gasteiger partial charge in [0.1, 0.15) is 28.8 Å². The molecule has 1 fully saturated rings. The van der Waals surface area contributed by atoms with E-state index in [0.29, 0.717) is 49.1 Å². The van der Waals surface area contributed by atoms with E-state index in [2.05, 4.69) is 4.98 Å². The molecule has 0 bridgehead atoms. The number of carbonyl (C=O) groups is 1. The molecule has 186 valence electrons. The lowest BCUT2D eigenvalue weighted by molar-refractivity contribution is -0.161. The van der Waals surface area contributed by atoms with E-state index >= 15 is 0 Å². The summed E-state index contributed by atoms with van der Waals surface area (Å²) in [6.45, 7) is 5.26. The largest absolute Gasteiger partial charge is 0.490 e. The van der Waals surface area contributed by atoms with E-state index in [4.69, 9.17) is 9.47 Å². The molecule has 1 heterocycles. The molecule has 2 aromatic carbocycles. The number of ether oxygens (including phenoxy) is 2. The van der Waals surface area contributed by atoms with E-state index in [1.807, 2.05) is 20.8 Å². The quantitative estimate of drug-likeness (QED) is 0.465. The molecule has 9 heteroatoms. The fourth-order valence-corrected chi connectivity index (χ4v) is 4.28. The molecule has 0 spiro atoms. The minimum atomic E-state index is -1.02. The Morgan fingerprint density at radius 1 is 1.06 bits per heavy atom. The molecule has 0 atom stereocenters. The average Bonchev–Trinajstić information content (AvgIpc) is 2.77. The minimum absolute atomic E-state index is 0.118. The van der Waals surface area contributed by atoms with Crippen molar-refractivity contribution in [3.8, 4) is 5.75 Å². The van der Waals surface area contributed by atoms with Gasteiger partial charge in [-0.1, -0.05) is 0 Å². The van der Waals surface area contributed by atoms with Crippen LogP contribution in [0.15, 0.2) is 41.5 Å². The Kier molecular flexibility index (Phi) is 6.87. The summed E-state index contributed by atoms with van der Waals surface area (Å²) in [5.41, 5.74) is -0.949. The van der Waals surface area contributed by atoms with Crippen LogP contribution in [0.25, 0.3) is 10.9 Å². The first-order valence-corrected chi connectivity index (χ1v) is 11.5. The van der Waals surface area contributed by atoms with Gasteiger partial charge < -0.3 is 14.0 Å². The zero-order valence-corrected chi connectivity index (χ0v) is 19.8. The highest BCUT2D eigenvalue weighted by Crippen LogP contribution is 2.30. The maximum absolute atomic E-state index is 14.1. The molecule has 6 nitrogen and oxygen atoms in total. The van der Waals surface area contributed by atoms with E-state index < -0.39 is 28.6 Å². The molecule has 0 unspecified atom stereocenters. The molecule has 35 heavy (non-hydrogen) atoms. The zero-order valence-electron chi connectivity index (χ0n) is 19.8. The highest BCUT2D eigenvalue weighted by molar-refractivity contribution is 5.79. The molecule has 0 amide bonds. The molecule has 0 aliphatic heterocycles.